The molecule has 0 aromatic heterocycles. The van der Waals surface area contributed by atoms with Crippen molar-refractivity contribution in [1.82, 2.24) is 0 Å². The van der Waals surface area contributed by atoms with Gasteiger partial charge in [0.15, 0.2) is 5.78 Å². The molecule has 3 heteroatoms. The summed E-state index contributed by atoms with van der Waals surface area (Å²) < 4.78 is 0. The van der Waals surface area contributed by atoms with Crippen molar-refractivity contribution in [3.8, 4) is 5.75 Å². The van der Waals surface area contributed by atoms with Gasteiger partial charge in [0.25, 0.3) is 0 Å². The second kappa shape index (κ2) is 5.83. The summed E-state index contributed by atoms with van der Waals surface area (Å²) in [5.41, 5.74) is 2.53. The van der Waals surface area contributed by atoms with E-state index in [1.807, 2.05) is 12.1 Å². The van der Waals surface area contributed by atoms with Crippen molar-refractivity contribution in [2.24, 2.45) is 0 Å². The molecule has 2 aromatic rings. The van der Waals surface area contributed by atoms with E-state index in [1.54, 1.807) is 24.3 Å². The summed E-state index contributed by atoms with van der Waals surface area (Å²) in [4.78, 5) is 14.3. The quantitative estimate of drug-likeness (QED) is 0.688. The summed E-state index contributed by atoms with van der Waals surface area (Å²) in [5, 5.41) is 9.65. The molecule has 1 N–H and O–H groups in total. The van der Waals surface area contributed by atoms with Crippen LogP contribution in [0.15, 0.2) is 54.6 Å². The number of nitrogens with zero attached hydrogens (tertiary/aromatic N) is 1. The minimum Gasteiger partial charge on any atom is -0.507 e. The van der Waals surface area contributed by atoms with Gasteiger partial charge in [0.05, 0.1) is 5.56 Å². The number of hydrogen-bond donors (Lipinski definition) is 1. The Morgan fingerprint density at radius 2 is 1.76 bits per heavy atom. The van der Waals surface area contributed by atoms with Crippen molar-refractivity contribution in [2.45, 2.75) is 6.42 Å². The first-order valence-electron chi connectivity index (χ1n) is 7.09. The van der Waals surface area contributed by atoms with Crippen LogP contribution in [-0.4, -0.2) is 24.0 Å². The first-order valence-corrected chi connectivity index (χ1v) is 7.09. The second-order valence-electron chi connectivity index (χ2n) is 5.15. The Morgan fingerprint density at radius 1 is 1.05 bits per heavy atom. The molecule has 0 spiro atoms. The van der Waals surface area contributed by atoms with E-state index in [2.05, 4.69) is 17.0 Å². The Morgan fingerprint density at radius 3 is 2.38 bits per heavy atom. The van der Waals surface area contributed by atoms with Gasteiger partial charge in [0.2, 0.25) is 0 Å². The van der Waals surface area contributed by atoms with E-state index in [9.17, 15) is 9.90 Å². The highest BCUT2D eigenvalue weighted by molar-refractivity contribution is 6.08. The number of phenols is 1. The Balaban J connectivity index is 1.70. The lowest BCUT2D eigenvalue weighted by Gasteiger charge is -2.33. The van der Waals surface area contributed by atoms with Crippen LogP contribution in [0.25, 0.3) is 6.08 Å². The van der Waals surface area contributed by atoms with Gasteiger partial charge in [-0.3, -0.25) is 4.79 Å². The molecule has 106 valence electrons. The fraction of sp³-hybridized carbons (Fsp3) is 0.167. The van der Waals surface area contributed by atoms with Gasteiger partial charge in [-0.1, -0.05) is 30.3 Å². The maximum absolute atomic E-state index is 12.0. The maximum Gasteiger partial charge on any atom is 0.189 e. The van der Waals surface area contributed by atoms with Crippen LogP contribution in [0.4, 0.5) is 5.69 Å². The predicted octanol–water partition coefficient (Wildman–Crippen LogP) is 3.50. The molecule has 1 fully saturated rings. The van der Waals surface area contributed by atoms with Gasteiger partial charge in [-0.2, -0.15) is 0 Å². The number of benzene rings is 2. The fourth-order valence-corrected chi connectivity index (χ4v) is 2.31. The minimum absolute atomic E-state index is 0.0141. The third kappa shape index (κ3) is 2.97. The van der Waals surface area contributed by atoms with Gasteiger partial charge in [-0.05, 0) is 42.3 Å². The summed E-state index contributed by atoms with van der Waals surface area (Å²) in [6, 6.07) is 14.7. The van der Waals surface area contributed by atoms with Gasteiger partial charge in [-0.25, -0.2) is 0 Å². The van der Waals surface area contributed by atoms with E-state index in [-0.39, 0.29) is 11.5 Å². The van der Waals surface area contributed by atoms with Gasteiger partial charge < -0.3 is 10.0 Å². The van der Waals surface area contributed by atoms with Crippen molar-refractivity contribution in [1.29, 1.82) is 0 Å². The Kier molecular flexibility index (Phi) is 3.73. The topological polar surface area (TPSA) is 40.5 Å². The number of ketones is 1. The van der Waals surface area contributed by atoms with Crippen LogP contribution in [-0.2, 0) is 0 Å². The van der Waals surface area contributed by atoms with Crippen molar-refractivity contribution in [3.63, 3.8) is 0 Å². The molecule has 1 aliphatic rings. The van der Waals surface area contributed by atoms with Crippen LogP contribution in [0.5, 0.6) is 5.75 Å². The number of para-hydroxylation sites is 1. The highest BCUT2D eigenvalue weighted by Gasteiger charge is 2.13. The molecule has 3 rings (SSSR count). The molecular formula is C18H17NO2. The lowest BCUT2D eigenvalue weighted by Crippen LogP contribution is -2.36. The Bertz CT molecular complexity index is 670. The number of phenolic OH excluding ortho intramolecular Hbond substituents is 1. The van der Waals surface area contributed by atoms with Crippen LogP contribution in [0, 0.1) is 0 Å². The number of hydrogen-bond acceptors (Lipinski definition) is 3. The molecule has 1 saturated heterocycles. The summed E-state index contributed by atoms with van der Waals surface area (Å²) in [7, 11) is 0. The van der Waals surface area contributed by atoms with Gasteiger partial charge in [-0.15, -0.1) is 0 Å². The number of aromatic hydroxyl groups is 1. The number of carbonyl (C=O) groups excluding carboxylic acids is 1. The zero-order valence-electron chi connectivity index (χ0n) is 11.7. The van der Waals surface area contributed by atoms with Gasteiger partial charge in [0.1, 0.15) is 5.75 Å². The Hall–Kier alpha value is -2.55. The number of rotatable bonds is 4. The SMILES string of the molecule is O=C(C=Cc1ccc(N2CCC2)cc1)c1ccccc1O. The average molecular weight is 279 g/mol. The second-order valence-corrected chi connectivity index (χ2v) is 5.15. The highest BCUT2D eigenvalue weighted by Crippen LogP contribution is 2.21. The van der Waals surface area contributed by atoms with Crippen LogP contribution in [0.3, 0.4) is 0 Å². The van der Waals surface area contributed by atoms with Gasteiger partial charge >= 0.3 is 0 Å². The summed E-state index contributed by atoms with van der Waals surface area (Å²) >= 11 is 0. The normalized spacial score (nSPS) is 14.2. The fourth-order valence-electron chi connectivity index (χ4n) is 2.31. The van der Waals surface area contributed by atoms with Crippen LogP contribution in [0.1, 0.15) is 22.3 Å². The average Bonchev–Trinajstić information content (AvgIpc) is 2.45. The van der Waals surface area contributed by atoms with Crippen molar-refractivity contribution >= 4 is 17.5 Å². The number of allylic oxidation sites excluding steroid dienone is 1. The smallest absolute Gasteiger partial charge is 0.189 e. The molecule has 0 aliphatic carbocycles. The maximum atomic E-state index is 12.0. The van der Waals surface area contributed by atoms with Crippen LogP contribution < -0.4 is 4.90 Å². The first-order chi connectivity index (χ1) is 10.2. The molecule has 1 heterocycles. The summed E-state index contributed by atoms with van der Waals surface area (Å²) in [6.45, 7) is 2.25. The van der Waals surface area contributed by atoms with E-state index < -0.39 is 0 Å². The standard InChI is InChI=1S/C18H17NO2/c20-17-5-2-1-4-16(17)18(21)11-8-14-6-9-15(10-7-14)19-12-3-13-19/h1-2,4-11,20H,3,12-13H2. The van der Waals surface area contributed by atoms with E-state index in [0.717, 1.165) is 18.7 Å². The van der Waals surface area contributed by atoms with Crippen molar-refractivity contribution in [2.75, 3.05) is 18.0 Å². The molecule has 0 unspecified atom stereocenters. The summed E-state index contributed by atoms with van der Waals surface area (Å²) in [6.07, 6.45) is 4.53. The third-order valence-electron chi connectivity index (χ3n) is 3.71. The predicted molar refractivity (Wildman–Crippen MR) is 84.7 cm³/mol. The van der Waals surface area contributed by atoms with E-state index >= 15 is 0 Å². The van der Waals surface area contributed by atoms with Crippen LogP contribution in [0.2, 0.25) is 0 Å². The van der Waals surface area contributed by atoms with E-state index in [0.29, 0.717) is 5.56 Å². The molecule has 0 atom stereocenters. The number of carbonyl (C=O) groups is 1. The van der Waals surface area contributed by atoms with Crippen molar-refractivity contribution < 1.29 is 9.90 Å². The summed E-state index contributed by atoms with van der Waals surface area (Å²) in [5.74, 6) is -0.180. The molecule has 0 radical (unpaired) electrons. The van der Waals surface area contributed by atoms with Crippen molar-refractivity contribution in [3.05, 3.63) is 65.7 Å². The molecule has 0 amide bonds. The lowest BCUT2D eigenvalue weighted by atomic mass is 10.1. The molecule has 0 saturated carbocycles. The molecule has 21 heavy (non-hydrogen) atoms. The third-order valence-corrected chi connectivity index (χ3v) is 3.71. The molecule has 2 aromatic carbocycles. The molecular weight excluding hydrogens is 262 g/mol. The Labute approximate surface area is 124 Å². The molecule has 0 bridgehead atoms. The molecule has 1 aliphatic heterocycles. The number of anilines is 1. The minimum atomic E-state index is -0.195. The van der Waals surface area contributed by atoms with Gasteiger partial charge in [0, 0.05) is 18.8 Å². The first kappa shape index (κ1) is 13.4. The monoisotopic (exact) mass is 279 g/mol. The zero-order valence-corrected chi connectivity index (χ0v) is 11.7. The molecule has 3 nitrogen and oxygen atoms in total. The highest BCUT2D eigenvalue weighted by atomic mass is 16.3. The zero-order chi connectivity index (χ0) is 14.7. The van der Waals surface area contributed by atoms with E-state index in [1.165, 1.54) is 24.3 Å². The van der Waals surface area contributed by atoms with Crippen LogP contribution >= 0.6 is 0 Å². The largest absolute Gasteiger partial charge is 0.507 e. The van der Waals surface area contributed by atoms with E-state index in [4.69, 9.17) is 0 Å². The lowest BCUT2D eigenvalue weighted by molar-refractivity contribution is 0.104.